The quantitative estimate of drug-likeness (QED) is 0.594. The van der Waals surface area contributed by atoms with E-state index in [-0.39, 0.29) is 23.8 Å². The van der Waals surface area contributed by atoms with E-state index in [2.05, 4.69) is 15.9 Å². The van der Waals surface area contributed by atoms with Gasteiger partial charge in [0.2, 0.25) is 0 Å². The summed E-state index contributed by atoms with van der Waals surface area (Å²) in [6, 6.07) is 6.06. The molecule has 0 spiro atoms. The van der Waals surface area contributed by atoms with Crippen LogP contribution >= 0.6 is 15.9 Å². The summed E-state index contributed by atoms with van der Waals surface area (Å²) in [4.78, 5) is -0.111. The van der Waals surface area contributed by atoms with Crippen LogP contribution in [0.1, 0.15) is 0 Å². The summed E-state index contributed by atoms with van der Waals surface area (Å²) in [5, 5.41) is 0. The molecule has 3 nitrogen and oxygen atoms in total. The van der Waals surface area contributed by atoms with Gasteiger partial charge in [-0.1, -0.05) is 12.1 Å². The molecule has 0 saturated heterocycles. The van der Waals surface area contributed by atoms with Crippen LogP contribution in [0.25, 0.3) is 0 Å². The third-order valence-electron chi connectivity index (χ3n) is 1.11. The van der Waals surface area contributed by atoms with Gasteiger partial charge in [0.05, 0.1) is 0 Å². The van der Waals surface area contributed by atoms with Crippen LogP contribution in [0.15, 0.2) is 33.6 Å². The molecule has 0 fully saturated rings. The second-order valence-corrected chi connectivity index (χ2v) is 4.15. The molecule has 0 unspecified atom stereocenters. The summed E-state index contributed by atoms with van der Waals surface area (Å²) in [6.07, 6.45) is 0. The molecule has 1 aromatic carbocycles. The first-order chi connectivity index (χ1) is 5.02. The van der Waals surface area contributed by atoms with Crippen LogP contribution in [0.2, 0.25) is 0 Å². The zero-order valence-electron chi connectivity index (χ0n) is 5.36. The Bertz CT molecular complexity index is 363. The first-order valence-electron chi connectivity index (χ1n) is 2.74. The predicted octanol–water partition coefficient (Wildman–Crippen LogP) is 1.05. The molecule has 12 heavy (non-hydrogen) atoms. The van der Waals surface area contributed by atoms with E-state index in [1.807, 2.05) is 0 Å². The molecule has 0 amide bonds. The van der Waals surface area contributed by atoms with Gasteiger partial charge in [0.15, 0.2) is 0 Å². The molecule has 1 N–H and O–H groups in total. The molecule has 62 valence electrons. The molecule has 0 bridgehead atoms. The second kappa shape index (κ2) is 4.45. The van der Waals surface area contributed by atoms with Crippen LogP contribution in [0, 0.1) is 0 Å². The molecule has 0 saturated carbocycles. The van der Waals surface area contributed by atoms with Crippen molar-refractivity contribution in [3.8, 4) is 0 Å². The van der Waals surface area contributed by atoms with Gasteiger partial charge in [-0.25, -0.2) is 0 Å². The fraction of sp³-hybridized carbons (Fsp3) is 0. The van der Waals surface area contributed by atoms with E-state index in [4.69, 9.17) is 4.55 Å². The van der Waals surface area contributed by atoms with Gasteiger partial charge in [0, 0.05) is 4.47 Å². The Hall–Kier alpha value is 0.207. The Kier molecular flexibility index (Phi) is 4.52. The van der Waals surface area contributed by atoms with Crippen molar-refractivity contribution in [1.29, 1.82) is 0 Å². The molecule has 0 aliphatic carbocycles. The van der Waals surface area contributed by atoms with E-state index in [1.54, 1.807) is 12.1 Å². The fourth-order valence-electron chi connectivity index (χ4n) is 0.654. The Morgan fingerprint density at radius 3 is 2.08 bits per heavy atom. The van der Waals surface area contributed by atoms with Crippen molar-refractivity contribution in [3.05, 3.63) is 28.7 Å². The number of hydrogen-bond acceptors (Lipinski definition) is 2. The number of halogens is 1. The SMILES string of the molecule is O=S(=O)(O)c1ccccc1Br.[LiH]. The van der Waals surface area contributed by atoms with E-state index in [1.165, 1.54) is 12.1 Å². The minimum absolute atomic E-state index is 0. The maximum atomic E-state index is 10.6. The maximum absolute atomic E-state index is 10.6. The van der Waals surface area contributed by atoms with Crippen molar-refractivity contribution in [2.45, 2.75) is 4.90 Å². The van der Waals surface area contributed by atoms with Gasteiger partial charge >= 0.3 is 18.9 Å². The second-order valence-electron chi connectivity index (χ2n) is 1.91. The van der Waals surface area contributed by atoms with Crippen molar-refractivity contribution in [3.63, 3.8) is 0 Å². The summed E-state index contributed by atoms with van der Waals surface area (Å²) in [7, 11) is -4.08. The molecule has 0 atom stereocenters. The van der Waals surface area contributed by atoms with Crippen molar-refractivity contribution in [2.24, 2.45) is 0 Å². The fourth-order valence-corrected chi connectivity index (χ4v) is 2.12. The zero-order chi connectivity index (χ0) is 8.48. The van der Waals surface area contributed by atoms with Gasteiger partial charge in [0.25, 0.3) is 10.1 Å². The summed E-state index contributed by atoms with van der Waals surface area (Å²) in [5.41, 5.74) is 0. The molecule has 1 rings (SSSR count). The Balaban J connectivity index is 0.00000121. The number of benzene rings is 1. The monoisotopic (exact) mass is 244 g/mol. The molecule has 0 aliphatic heterocycles. The van der Waals surface area contributed by atoms with Crippen LogP contribution in [-0.4, -0.2) is 31.8 Å². The van der Waals surface area contributed by atoms with Crippen LogP contribution in [0.4, 0.5) is 0 Å². The normalized spacial score (nSPS) is 10.5. The topological polar surface area (TPSA) is 54.4 Å². The molecule has 0 aliphatic rings. The average Bonchev–Trinajstić information content (AvgIpc) is 1.86. The van der Waals surface area contributed by atoms with E-state index in [0.717, 1.165) is 0 Å². The summed E-state index contributed by atoms with van der Waals surface area (Å²) < 4.78 is 30.1. The molecule has 0 radical (unpaired) electrons. The summed E-state index contributed by atoms with van der Waals surface area (Å²) in [5.74, 6) is 0. The molecular weight excluding hydrogens is 239 g/mol. The van der Waals surface area contributed by atoms with Gasteiger partial charge in [-0.3, -0.25) is 4.55 Å². The minimum atomic E-state index is -4.08. The van der Waals surface area contributed by atoms with E-state index < -0.39 is 10.1 Å². The van der Waals surface area contributed by atoms with Gasteiger partial charge in [0.1, 0.15) is 4.90 Å². The number of hydrogen-bond donors (Lipinski definition) is 1. The van der Waals surface area contributed by atoms with Gasteiger partial charge in [-0.2, -0.15) is 8.42 Å². The number of rotatable bonds is 1. The van der Waals surface area contributed by atoms with Crippen LogP contribution in [0.5, 0.6) is 0 Å². The first-order valence-corrected chi connectivity index (χ1v) is 4.97. The third kappa shape index (κ3) is 2.92. The van der Waals surface area contributed by atoms with Crippen molar-refractivity contribution in [1.82, 2.24) is 0 Å². The van der Waals surface area contributed by atoms with Gasteiger partial charge < -0.3 is 0 Å². The zero-order valence-corrected chi connectivity index (χ0v) is 7.76. The Labute approximate surface area is 91.2 Å². The summed E-state index contributed by atoms with van der Waals surface area (Å²) in [6.45, 7) is 0. The van der Waals surface area contributed by atoms with Crippen molar-refractivity contribution in [2.75, 3.05) is 0 Å². The van der Waals surface area contributed by atoms with Crippen LogP contribution in [-0.2, 0) is 10.1 Å². The van der Waals surface area contributed by atoms with Gasteiger partial charge in [-0.05, 0) is 28.1 Å². The molecule has 0 aromatic heterocycles. The Morgan fingerprint density at radius 2 is 1.75 bits per heavy atom. The van der Waals surface area contributed by atoms with E-state index in [0.29, 0.717) is 4.47 Å². The van der Waals surface area contributed by atoms with E-state index in [9.17, 15) is 8.42 Å². The first kappa shape index (κ1) is 12.2. The molecule has 0 heterocycles. The Morgan fingerprint density at radius 1 is 1.25 bits per heavy atom. The van der Waals surface area contributed by atoms with Crippen LogP contribution < -0.4 is 0 Å². The third-order valence-corrected chi connectivity index (χ3v) is 2.98. The average molecular weight is 245 g/mol. The standard InChI is InChI=1S/C6H5BrO3S.Li.H/c7-5-3-1-2-4-6(5)11(8,9)10;;/h1-4H,(H,8,9,10);;. The van der Waals surface area contributed by atoms with Crippen molar-refractivity contribution >= 4 is 44.9 Å². The van der Waals surface area contributed by atoms with Crippen LogP contribution in [0.3, 0.4) is 0 Å². The van der Waals surface area contributed by atoms with Crippen molar-refractivity contribution < 1.29 is 13.0 Å². The van der Waals surface area contributed by atoms with E-state index >= 15 is 0 Å². The van der Waals surface area contributed by atoms with Gasteiger partial charge in [-0.15, -0.1) is 0 Å². The molecule has 1 aromatic rings. The predicted molar refractivity (Wildman–Crippen MR) is 51.1 cm³/mol. The molecule has 6 heteroatoms. The molecular formula is C6H6BrLiO3S. The summed E-state index contributed by atoms with van der Waals surface area (Å²) >= 11 is 2.99.